The Bertz CT molecular complexity index is 1260. The molecule has 1 aromatic carbocycles. The van der Waals surface area contributed by atoms with Crippen LogP contribution in [0.5, 0.6) is 5.75 Å². The highest BCUT2D eigenvalue weighted by molar-refractivity contribution is 6.03. The highest BCUT2D eigenvalue weighted by Gasteiger charge is 2.32. The Labute approximate surface area is 213 Å². The molecule has 7 heteroatoms. The fourth-order valence-corrected chi connectivity index (χ4v) is 5.60. The Morgan fingerprint density at radius 3 is 2.67 bits per heavy atom. The zero-order chi connectivity index (χ0) is 25.4. The molecule has 0 saturated carbocycles. The first-order valence-electron chi connectivity index (χ1n) is 13.3. The standard InChI is InChI=1S/C29H38N4O3/c1-6-20(11-19(2)3)23-16-30-28-24(17-31-33(28)18-23)26(34)13-21-12-22-15-29(4,5)36-27(22)14-25(21)32-7-9-35-10-8-32/h12,14,16-20H,6-11,13,15H2,1-5H3. The Hall–Kier alpha value is -2.93. The minimum Gasteiger partial charge on any atom is -0.487 e. The van der Waals surface area contributed by atoms with E-state index in [1.165, 1.54) is 11.1 Å². The van der Waals surface area contributed by atoms with E-state index in [4.69, 9.17) is 14.5 Å². The molecule has 2 aliphatic heterocycles. The van der Waals surface area contributed by atoms with Crippen LogP contribution in [-0.2, 0) is 17.6 Å². The molecule has 3 aromatic rings. The van der Waals surface area contributed by atoms with E-state index in [0.29, 0.717) is 42.7 Å². The van der Waals surface area contributed by atoms with Crippen molar-refractivity contribution in [2.45, 2.75) is 71.8 Å². The summed E-state index contributed by atoms with van der Waals surface area (Å²) < 4.78 is 13.6. The predicted molar refractivity (Wildman–Crippen MR) is 141 cm³/mol. The van der Waals surface area contributed by atoms with Gasteiger partial charge in [0.05, 0.1) is 25.0 Å². The lowest BCUT2D eigenvalue weighted by molar-refractivity contribution is 0.0994. The van der Waals surface area contributed by atoms with E-state index in [0.717, 1.165) is 49.4 Å². The lowest BCUT2D eigenvalue weighted by Gasteiger charge is -2.31. The van der Waals surface area contributed by atoms with E-state index in [2.05, 4.69) is 56.8 Å². The highest BCUT2D eigenvalue weighted by atomic mass is 16.5. The minimum atomic E-state index is -0.233. The zero-order valence-electron chi connectivity index (χ0n) is 22.2. The lowest BCUT2D eigenvalue weighted by atomic mass is 9.90. The second-order valence-corrected chi connectivity index (χ2v) is 11.3. The van der Waals surface area contributed by atoms with Gasteiger partial charge in [-0.25, -0.2) is 9.50 Å². The number of benzene rings is 1. The summed E-state index contributed by atoms with van der Waals surface area (Å²) in [5.41, 5.74) is 5.40. The summed E-state index contributed by atoms with van der Waals surface area (Å²) in [6.45, 7) is 13.9. The predicted octanol–water partition coefficient (Wildman–Crippen LogP) is 5.24. The van der Waals surface area contributed by atoms with Crippen LogP contribution in [-0.4, -0.2) is 52.3 Å². The summed E-state index contributed by atoms with van der Waals surface area (Å²) in [7, 11) is 0. The van der Waals surface area contributed by atoms with Gasteiger partial charge in [-0.2, -0.15) is 5.10 Å². The molecule has 0 spiro atoms. The van der Waals surface area contributed by atoms with Crippen molar-refractivity contribution in [2.24, 2.45) is 5.92 Å². The van der Waals surface area contributed by atoms with Crippen molar-refractivity contribution >= 4 is 17.1 Å². The van der Waals surface area contributed by atoms with Gasteiger partial charge in [0.25, 0.3) is 0 Å². The normalized spacial score (nSPS) is 17.9. The number of hydrogen-bond acceptors (Lipinski definition) is 6. The van der Waals surface area contributed by atoms with Crippen molar-refractivity contribution in [3.8, 4) is 5.75 Å². The van der Waals surface area contributed by atoms with Gasteiger partial charge in [0.15, 0.2) is 11.4 Å². The average molecular weight is 491 g/mol. The number of aromatic nitrogens is 3. The molecular formula is C29H38N4O3. The number of anilines is 1. The van der Waals surface area contributed by atoms with Crippen molar-refractivity contribution < 1.29 is 14.3 Å². The summed E-state index contributed by atoms with van der Waals surface area (Å²) in [4.78, 5) is 20.6. The number of hydrogen-bond donors (Lipinski definition) is 0. The molecule has 7 nitrogen and oxygen atoms in total. The van der Waals surface area contributed by atoms with Crippen molar-refractivity contribution in [3.05, 3.63) is 53.0 Å². The second-order valence-electron chi connectivity index (χ2n) is 11.3. The van der Waals surface area contributed by atoms with E-state index < -0.39 is 0 Å². The maximum atomic E-state index is 13.6. The van der Waals surface area contributed by atoms with Crippen molar-refractivity contribution in [1.29, 1.82) is 0 Å². The maximum absolute atomic E-state index is 13.6. The first kappa shape index (κ1) is 24.8. The van der Waals surface area contributed by atoms with Crippen LogP contribution in [0.3, 0.4) is 0 Å². The molecule has 0 amide bonds. The molecule has 2 aliphatic rings. The van der Waals surface area contributed by atoms with Crippen LogP contribution in [0.4, 0.5) is 5.69 Å². The molecule has 0 radical (unpaired) electrons. The fraction of sp³-hybridized carbons (Fsp3) is 0.552. The summed E-state index contributed by atoms with van der Waals surface area (Å²) in [6.07, 6.45) is 8.95. The molecule has 0 aliphatic carbocycles. The van der Waals surface area contributed by atoms with Gasteiger partial charge in [-0.1, -0.05) is 20.8 Å². The smallest absolute Gasteiger partial charge is 0.172 e. The van der Waals surface area contributed by atoms with Crippen LogP contribution in [0.2, 0.25) is 0 Å². The molecule has 1 fully saturated rings. The largest absolute Gasteiger partial charge is 0.487 e. The number of ketones is 1. The molecule has 0 N–H and O–H groups in total. The van der Waals surface area contributed by atoms with Gasteiger partial charge in [0.2, 0.25) is 0 Å². The number of morpholine rings is 1. The van der Waals surface area contributed by atoms with Crippen molar-refractivity contribution in [1.82, 2.24) is 14.6 Å². The molecule has 36 heavy (non-hydrogen) atoms. The summed E-state index contributed by atoms with van der Waals surface area (Å²) in [6, 6.07) is 4.29. The van der Waals surface area contributed by atoms with Crippen molar-refractivity contribution in [2.75, 3.05) is 31.2 Å². The van der Waals surface area contributed by atoms with E-state index in [1.807, 2.05) is 12.4 Å². The third-order valence-electron chi connectivity index (χ3n) is 7.36. The van der Waals surface area contributed by atoms with Gasteiger partial charge in [0, 0.05) is 50.1 Å². The Morgan fingerprint density at radius 1 is 1.17 bits per heavy atom. The fourth-order valence-electron chi connectivity index (χ4n) is 5.60. The van der Waals surface area contributed by atoms with Crippen LogP contribution < -0.4 is 9.64 Å². The monoisotopic (exact) mass is 490 g/mol. The topological polar surface area (TPSA) is 69.0 Å². The van der Waals surface area contributed by atoms with E-state index in [9.17, 15) is 4.79 Å². The Morgan fingerprint density at radius 2 is 1.94 bits per heavy atom. The van der Waals surface area contributed by atoms with Gasteiger partial charge in [-0.15, -0.1) is 0 Å². The Kier molecular flexibility index (Phi) is 6.77. The van der Waals surface area contributed by atoms with E-state index >= 15 is 0 Å². The van der Waals surface area contributed by atoms with Gasteiger partial charge >= 0.3 is 0 Å². The van der Waals surface area contributed by atoms with Crippen molar-refractivity contribution in [3.63, 3.8) is 0 Å². The highest BCUT2D eigenvalue weighted by Crippen LogP contribution is 2.40. The molecule has 1 atom stereocenters. The summed E-state index contributed by atoms with van der Waals surface area (Å²) in [5.74, 6) is 2.02. The molecule has 5 rings (SSSR count). The molecule has 4 heterocycles. The quantitative estimate of drug-likeness (QED) is 0.402. The SMILES string of the molecule is CCC(CC(C)C)c1cnc2c(C(=O)Cc3cc4c(cc3N3CCOCC3)OC(C)(C)C4)cnn2c1. The summed E-state index contributed by atoms with van der Waals surface area (Å²) >= 11 is 0. The van der Waals surface area contributed by atoms with Crippen LogP contribution in [0.15, 0.2) is 30.7 Å². The molecule has 1 saturated heterocycles. The van der Waals surface area contributed by atoms with Gasteiger partial charge in [0.1, 0.15) is 11.4 Å². The number of carbonyl (C=O) groups excluding carboxylic acids is 1. The van der Waals surface area contributed by atoms with Crippen LogP contribution in [0, 0.1) is 5.92 Å². The number of ether oxygens (including phenoxy) is 2. The molecular weight excluding hydrogens is 452 g/mol. The number of fused-ring (bicyclic) bond motifs is 2. The molecule has 2 aromatic heterocycles. The average Bonchev–Trinajstić information content (AvgIpc) is 3.40. The second kappa shape index (κ2) is 9.85. The zero-order valence-corrected chi connectivity index (χ0v) is 22.2. The summed E-state index contributed by atoms with van der Waals surface area (Å²) in [5, 5.41) is 4.51. The number of nitrogens with zero attached hydrogens (tertiary/aromatic N) is 4. The first-order valence-corrected chi connectivity index (χ1v) is 13.3. The number of carbonyl (C=O) groups is 1. The minimum absolute atomic E-state index is 0.0344. The number of Topliss-reactive ketones (excluding diaryl/α,β-unsaturated/α-hetero) is 1. The lowest BCUT2D eigenvalue weighted by Crippen LogP contribution is -2.37. The van der Waals surface area contributed by atoms with Gasteiger partial charge < -0.3 is 14.4 Å². The molecule has 192 valence electrons. The van der Waals surface area contributed by atoms with Gasteiger partial charge in [-0.3, -0.25) is 4.79 Å². The third-order valence-corrected chi connectivity index (χ3v) is 7.36. The maximum Gasteiger partial charge on any atom is 0.172 e. The van der Waals surface area contributed by atoms with Crippen LogP contribution in [0.1, 0.15) is 80.4 Å². The molecule has 1 unspecified atom stereocenters. The van der Waals surface area contributed by atoms with E-state index in [1.54, 1.807) is 10.7 Å². The Balaban J connectivity index is 1.44. The van der Waals surface area contributed by atoms with Crippen LogP contribution >= 0.6 is 0 Å². The first-order chi connectivity index (χ1) is 17.2. The third kappa shape index (κ3) is 4.99. The number of rotatable bonds is 8. The molecule has 0 bridgehead atoms. The van der Waals surface area contributed by atoms with E-state index in [-0.39, 0.29) is 11.4 Å². The van der Waals surface area contributed by atoms with Gasteiger partial charge in [-0.05, 0) is 61.3 Å². The van der Waals surface area contributed by atoms with Crippen LogP contribution in [0.25, 0.3) is 5.65 Å².